The van der Waals surface area contributed by atoms with E-state index in [1.54, 1.807) is 18.0 Å². The van der Waals surface area contributed by atoms with E-state index in [0.717, 1.165) is 11.3 Å². The first-order valence-electron chi connectivity index (χ1n) is 11.8. The van der Waals surface area contributed by atoms with Gasteiger partial charge in [-0.1, -0.05) is 44.2 Å². The van der Waals surface area contributed by atoms with Crippen LogP contribution in [0.4, 0.5) is 0 Å². The van der Waals surface area contributed by atoms with Gasteiger partial charge in [-0.2, -0.15) is 10.4 Å². The summed E-state index contributed by atoms with van der Waals surface area (Å²) >= 11 is 0. The molecule has 0 spiro atoms. The van der Waals surface area contributed by atoms with Crippen LogP contribution in [0.2, 0.25) is 0 Å². The second-order valence-corrected chi connectivity index (χ2v) is 10.4. The summed E-state index contributed by atoms with van der Waals surface area (Å²) in [7, 11) is 1.80. The number of ether oxygens (including phenoxy) is 1. The highest BCUT2D eigenvalue weighted by Crippen LogP contribution is 2.56. The van der Waals surface area contributed by atoms with E-state index in [0.29, 0.717) is 17.1 Å². The highest BCUT2D eigenvalue weighted by molar-refractivity contribution is 5.94. The summed E-state index contributed by atoms with van der Waals surface area (Å²) in [4.78, 5) is 17.3. The summed E-state index contributed by atoms with van der Waals surface area (Å²) in [5.41, 5.74) is 0.384. The van der Waals surface area contributed by atoms with E-state index in [2.05, 4.69) is 51.0 Å². The summed E-state index contributed by atoms with van der Waals surface area (Å²) in [6, 6.07) is 18.8. The molecule has 4 rings (SSSR count). The number of benzene rings is 2. The van der Waals surface area contributed by atoms with Crippen molar-refractivity contribution < 1.29 is 9.53 Å². The summed E-state index contributed by atoms with van der Waals surface area (Å²) in [5.74, 6) is 1.19. The van der Waals surface area contributed by atoms with Gasteiger partial charge in [0.2, 0.25) is 0 Å². The van der Waals surface area contributed by atoms with Gasteiger partial charge in [0, 0.05) is 18.0 Å². The first-order chi connectivity index (χ1) is 16.5. The third-order valence-electron chi connectivity index (χ3n) is 8.65. The maximum atomic E-state index is 13.7. The van der Waals surface area contributed by atoms with Crippen LogP contribution in [0.3, 0.4) is 0 Å². The summed E-state index contributed by atoms with van der Waals surface area (Å²) in [6.07, 6.45) is 2.36. The molecule has 7 nitrogen and oxygen atoms in total. The number of nitrogens with one attached hydrogen (secondary N) is 1. The molecule has 1 saturated heterocycles. The van der Waals surface area contributed by atoms with Crippen LogP contribution in [0, 0.1) is 16.9 Å². The normalized spacial score (nSPS) is 22.5. The molecule has 1 aliphatic rings. The van der Waals surface area contributed by atoms with Gasteiger partial charge in [-0.25, -0.2) is 0 Å². The van der Waals surface area contributed by atoms with E-state index in [4.69, 9.17) is 4.74 Å². The predicted octanol–water partition coefficient (Wildman–Crippen LogP) is 5.69. The maximum absolute atomic E-state index is 13.7. The number of aromatic amines is 1. The zero-order valence-corrected chi connectivity index (χ0v) is 21.5. The van der Waals surface area contributed by atoms with Gasteiger partial charge in [-0.15, -0.1) is 0 Å². The van der Waals surface area contributed by atoms with Crippen LogP contribution in [0.25, 0.3) is 11.3 Å². The zero-order valence-electron chi connectivity index (χ0n) is 21.5. The number of hydrogen-bond donors (Lipinski definition) is 1. The molecule has 0 aliphatic carbocycles. The average Bonchev–Trinajstić information content (AvgIpc) is 3.36. The minimum atomic E-state index is -0.614. The standard InChI is InChI=1S/C28H33N5O2/c1-19-28(6,26(2,3)27(4,5)33(19)18-29)32(7)25(34)23-17-22(30-31-23)21-15-11-12-16-24(21)35-20-13-9-8-10-14-20/h8-17,19H,1-7H3,(H,30,31). The lowest BCUT2D eigenvalue weighted by atomic mass is 9.63. The van der Waals surface area contributed by atoms with E-state index in [1.807, 2.05) is 66.4 Å². The Morgan fingerprint density at radius 3 is 2.34 bits per heavy atom. The Morgan fingerprint density at radius 2 is 1.71 bits per heavy atom. The van der Waals surface area contributed by atoms with Gasteiger partial charge in [0.15, 0.2) is 11.9 Å². The molecule has 182 valence electrons. The van der Waals surface area contributed by atoms with Crippen LogP contribution in [0.1, 0.15) is 52.0 Å². The molecule has 35 heavy (non-hydrogen) atoms. The molecule has 2 aromatic carbocycles. The number of likely N-dealkylation sites (tertiary alicyclic amines) is 1. The number of likely N-dealkylation sites (N-methyl/N-ethyl adjacent to an activating group) is 1. The Morgan fingerprint density at radius 1 is 1.09 bits per heavy atom. The number of carbonyl (C=O) groups excluding carboxylic acids is 1. The highest BCUT2D eigenvalue weighted by atomic mass is 16.5. The number of rotatable bonds is 5. The molecule has 1 amide bonds. The second kappa shape index (κ2) is 8.46. The third kappa shape index (κ3) is 3.56. The largest absolute Gasteiger partial charge is 0.457 e. The fourth-order valence-electron chi connectivity index (χ4n) is 5.43. The van der Waals surface area contributed by atoms with Gasteiger partial charge in [0.1, 0.15) is 11.5 Å². The van der Waals surface area contributed by atoms with Crippen LogP contribution in [-0.2, 0) is 0 Å². The van der Waals surface area contributed by atoms with Gasteiger partial charge < -0.3 is 9.64 Å². The molecule has 0 bridgehead atoms. The molecule has 2 unspecified atom stereocenters. The van der Waals surface area contributed by atoms with E-state index in [1.165, 1.54) is 0 Å². The van der Waals surface area contributed by atoms with Crippen LogP contribution in [0.5, 0.6) is 11.5 Å². The number of carbonyl (C=O) groups is 1. The highest BCUT2D eigenvalue weighted by Gasteiger charge is 2.66. The van der Waals surface area contributed by atoms with Crippen molar-refractivity contribution in [2.45, 2.75) is 58.7 Å². The van der Waals surface area contributed by atoms with Crippen molar-refractivity contribution in [2.24, 2.45) is 5.41 Å². The number of nitriles is 1. The van der Waals surface area contributed by atoms with Crippen LogP contribution >= 0.6 is 0 Å². The number of para-hydroxylation sites is 2. The maximum Gasteiger partial charge on any atom is 0.274 e. The van der Waals surface area contributed by atoms with Crippen molar-refractivity contribution in [3.63, 3.8) is 0 Å². The van der Waals surface area contributed by atoms with Crippen molar-refractivity contribution in [1.29, 1.82) is 5.26 Å². The molecule has 0 radical (unpaired) electrons. The number of hydrogen-bond acceptors (Lipinski definition) is 5. The molecule has 1 aromatic heterocycles. The molecule has 1 fully saturated rings. The van der Waals surface area contributed by atoms with Crippen LogP contribution in [-0.4, -0.2) is 50.1 Å². The molecule has 0 saturated carbocycles. The molecular weight excluding hydrogens is 438 g/mol. The minimum Gasteiger partial charge on any atom is -0.457 e. The Kier molecular flexibility index (Phi) is 5.88. The smallest absolute Gasteiger partial charge is 0.274 e. The summed E-state index contributed by atoms with van der Waals surface area (Å²) in [5, 5.41) is 17.3. The van der Waals surface area contributed by atoms with Gasteiger partial charge in [0.05, 0.1) is 22.8 Å². The summed E-state index contributed by atoms with van der Waals surface area (Å²) in [6.45, 7) is 12.4. The lowest BCUT2D eigenvalue weighted by molar-refractivity contribution is 0.0115. The molecular formula is C28H33N5O2. The van der Waals surface area contributed by atoms with Gasteiger partial charge in [-0.05, 0) is 58.0 Å². The van der Waals surface area contributed by atoms with Crippen molar-refractivity contribution in [3.8, 4) is 28.9 Å². The van der Waals surface area contributed by atoms with E-state index < -0.39 is 11.1 Å². The molecule has 2 heterocycles. The fourth-order valence-corrected chi connectivity index (χ4v) is 5.43. The SMILES string of the molecule is CC1N(C#N)C(C)(C)C(C)(C)C1(C)N(C)C(=O)c1cc(-c2ccccc2Oc2ccccc2)[nH]n1. The monoisotopic (exact) mass is 471 g/mol. The van der Waals surface area contributed by atoms with E-state index in [-0.39, 0.29) is 17.4 Å². The lowest BCUT2D eigenvalue weighted by Gasteiger charge is -2.49. The average molecular weight is 472 g/mol. The van der Waals surface area contributed by atoms with Crippen molar-refractivity contribution in [3.05, 3.63) is 66.4 Å². The molecule has 2 atom stereocenters. The first kappa shape index (κ1) is 24.3. The van der Waals surface area contributed by atoms with E-state index >= 15 is 0 Å². The van der Waals surface area contributed by atoms with Gasteiger partial charge >= 0.3 is 0 Å². The summed E-state index contributed by atoms with van der Waals surface area (Å²) < 4.78 is 6.09. The van der Waals surface area contributed by atoms with Gasteiger partial charge in [0.25, 0.3) is 5.91 Å². The van der Waals surface area contributed by atoms with Crippen molar-refractivity contribution in [2.75, 3.05) is 7.05 Å². The number of aromatic nitrogens is 2. The number of H-pyrrole nitrogens is 1. The lowest BCUT2D eigenvalue weighted by Crippen LogP contribution is -2.61. The van der Waals surface area contributed by atoms with Crippen molar-refractivity contribution >= 4 is 5.91 Å². The zero-order chi connectivity index (χ0) is 25.6. The molecule has 7 heteroatoms. The van der Waals surface area contributed by atoms with Crippen LogP contribution in [0.15, 0.2) is 60.7 Å². The molecule has 1 N–H and O–H groups in total. The third-order valence-corrected chi connectivity index (χ3v) is 8.65. The molecule has 3 aromatic rings. The fraction of sp³-hybridized carbons (Fsp3) is 0.393. The minimum absolute atomic E-state index is 0.176. The molecule has 1 aliphatic heterocycles. The quantitative estimate of drug-likeness (QED) is 0.483. The van der Waals surface area contributed by atoms with Crippen LogP contribution < -0.4 is 4.74 Å². The van der Waals surface area contributed by atoms with E-state index in [9.17, 15) is 10.1 Å². The number of nitrogens with zero attached hydrogens (tertiary/aromatic N) is 4. The Bertz CT molecular complexity index is 1270. The van der Waals surface area contributed by atoms with Gasteiger partial charge in [-0.3, -0.25) is 14.8 Å². The Labute approximate surface area is 207 Å². The second-order valence-electron chi connectivity index (χ2n) is 10.4. The Balaban J connectivity index is 1.65. The number of amides is 1. The first-order valence-corrected chi connectivity index (χ1v) is 11.8. The van der Waals surface area contributed by atoms with Crippen molar-refractivity contribution in [1.82, 2.24) is 20.0 Å². The topological polar surface area (TPSA) is 85.3 Å². The predicted molar refractivity (Wildman–Crippen MR) is 136 cm³/mol. The Hall–Kier alpha value is -3.79.